The monoisotopic (exact) mass is 281 g/mol. The van der Waals surface area contributed by atoms with Gasteiger partial charge in [-0.3, -0.25) is 0 Å². The number of methoxy groups -OCH3 is 1. The molecule has 112 valence electrons. The second-order valence-corrected chi connectivity index (χ2v) is 6.01. The Balaban J connectivity index is 2.68. The largest absolute Gasteiger partial charge is 0.463 e. The Kier molecular flexibility index (Phi) is 5.44. The van der Waals surface area contributed by atoms with Crippen molar-refractivity contribution in [3.63, 3.8) is 0 Å². The average molecular weight is 281 g/mol. The van der Waals surface area contributed by atoms with Gasteiger partial charge < -0.3 is 15.2 Å². The molecule has 0 fully saturated rings. The molecule has 0 saturated carbocycles. The van der Waals surface area contributed by atoms with Crippen LogP contribution in [0.3, 0.4) is 0 Å². The van der Waals surface area contributed by atoms with Crippen molar-refractivity contribution >= 4 is 11.8 Å². The second-order valence-electron chi connectivity index (χ2n) is 6.01. The van der Waals surface area contributed by atoms with Crippen LogP contribution in [0.5, 0.6) is 0 Å². The number of aromatic nitrogens is 2. The van der Waals surface area contributed by atoms with Gasteiger partial charge in [0.25, 0.3) is 0 Å². The quantitative estimate of drug-likeness (QED) is 0.800. The van der Waals surface area contributed by atoms with E-state index in [4.69, 9.17) is 0 Å². The van der Waals surface area contributed by atoms with Crippen molar-refractivity contribution in [3.8, 4) is 0 Å². The third-order valence-corrected chi connectivity index (χ3v) is 2.59. The van der Waals surface area contributed by atoms with Gasteiger partial charge in [-0.15, -0.1) is 0 Å². The predicted octanol–water partition coefficient (Wildman–Crippen LogP) is 1.78. The Morgan fingerprint density at radius 3 is 2.65 bits per heavy atom. The number of rotatable bonds is 5. The summed E-state index contributed by atoms with van der Waals surface area (Å²) in [5.74, 6) is -0.0573. The van der Waals surface area contributed by atoms with E-state index in [0.29, 0.717) is 24.5 Å². The molecule has 0 amide bonds. The number of aliphatic hydroxyl groups is 1. The molecule has 1 rings (SSSR count). The molecule has 0 aliphatic heterocycles. The molecule has 2 N–H and O–H groups in total. The van der Waals surface area contributed by atoms with Crippen molar-refractivity contribution in [3.05, 3.63) is 17.6 Å². The maximum absolute atomic E-state index is 11.4. The van der Waals surface area contributed by atoms with Gasteiger partial charge in [0.05, 0.1) is 13.2 Å². The highest BCUT2D eigenvalue weighted by Gasteiger charge is 2.17. The number of hydrogen-bond acceptors (Lipinski definition) is 6. The fraction of sp³-hybridized carbons (Fsp3) is 0.643. The zero-order valence-corrected chi connectivity index (χ0v) is 12.7. The van der Waals surface area contributed by atoms with Gasteiger partial charge in [0, 0.05) is 18.3 Å². The number of aryl methyl sites for hydroxylation is 1. The highest BCUT2D eigenvalue weighted by molar-refractivity contribution is 5.85. The number of esters is 1. The van der Waals surface area contributed by atoms with Crippen molar-refractivity contribution < 1.29 is 14.6 Å². The lowest BCUT2D eigenvalue weighted by Crippen LogP contribution is -2.25. The highest BCUT2D eigenvalue weighted by Crippen LogP contribution is 2.20. The minimum absolute atomic E-state index is 0.0142. The third kappa shape index (κ3) is 5.52. The lowest BCUT2D eigenvalue weighted by Gasteiger charge is -2.22. The van der Waals surface area contributed by atoms with Crippen LogP contribution in [0.25, 0.3) is 0 Å². The fourth-order valence-corrected chi connectivity index (χ4v) is 1.84. The van der Waals surface area contributed by atoms with E-state index in [1.54, 1.807) is 13.0 Å². The average Bonchev–Trinajstić information content (AvgIpc) is 2.32. The van der Waals surface area contributed by atoms with Crippen LogP contribution < -0.4 is 5.32 Å². The summed E-state index contributed by atoms with van der Waals surface area (Å²) in [5, 5.41) is 13.0. The van der Waals surface area contributed by atoms with Crippen LogP contribution in [0, 0.1) is 12.3 Å². The molecule has 0 bridgehead atoms. The van der Waals surface area contributed by atoms with Crippen molar-refractivity contribution in [1.82, 2.24) is 9.97 Å². The normalized spacial score (nSPS) is 12.9. The Bertz CT molecular complexity index is 469. The fourth-order valence-electron chi connectivity index (χ4n) is 1.84. The molecule has 0 saturated heterocycles. The lowest BCUT2D eigenvalue weighted by molar-refractivity contribution is 0.0586. The first-order valence-electron chi connectivity index (χ1n) is 6.57. The van der Waals surface area contributed by atoms with Gasteiger partial charge in [0.15, 0.2) is 0 Å². The van der Waals surface area contributed by atoms with Crippen LogP contribution in [0.1, 0.15) is 43.5 Å². The van der Waals surface area contributed by atoms with Gasteiger partial charge in [-0.1, -0.05) is 20.8 Å². The Hall–Kier alpha value is -1.69. The number of nitrogens with one attached hydrogen (secondary N) is 1. The molecule has 20 heavy (non-hydrogen) atoms. The molecular formula is C14H23N3O3. The summed E-state index contributed by atoms with van der Waals surface area (Å²) in [5.41, 5.74) is 0.716. The summed E-state index contributed by atoms with van der Waals surface area (Å²) in [6.45, 7) is 8.35. The molecule has 0 aromatic carbocycles. The first-order chi connectivity index (χ1) is 9.21. The van der Waals surface area contributed by atoms with Crippen molar-refractivity contribution in [1.29, 1.82) is 0 Å². The maximum atomic E-state index is 11.4. The van der Waals surface area contributed by atoms with Gasteiger partial charge in [-0.05, 0) is 18.8 Å². The number of aliphatic hydroxyl groups excluding tert-OH is 1. The van der Waals surface area contributed by atoms with Crippen LogP contribution in [-0.4, -0.2) is 40.8 Å². The van der Waals surface area contributed by atoms with Crippen molar-refractivity contribution in [2.45, 2.75) is 40.2 Å². The van der Waals surface area contributed by atoms with Crippen molar-refractivity contribution in [2.75, 3.05) is 19.0 Å². The first kappa shape index (κ1) is 16.4. The van der Waals surface area contributed by atoms with E-state index < -0.39 is 12.1 Å². The van der Waals surface area contributed by atoms with Crippen LogP contribution in [-0.2, 0) is 4.74 Å². The van der Waals surface area contributed by atoms with Gasteiger partial charge in [-0.25, -0.2) is 14.8 Å². The SMILES string of the molecule is COC(=O)c1nc(C)cc(NCC(O)CC(C)(C)C)n1. The molecule has 0 aliphatic rings. The molecule has 0 spiro atoms. The standard InChI is InChI=1S/C14H23N3O3/c1-9-6-11(17-12(16-9)13(19)20-5)15-8-10(18)7-14(2,3)4/h6,10,18H,7-8H2,1-5H3,(H,15,16,17). The summed E-state index contributed by atoms with van der Waals surface area (Å²) in [4.78, 5) is 19.5. The van der Waals surface area contributed by atoms with Crippen LogP contribution in [0.2, 0.25) is 0 Å². The molecule has 1 aromatic heterocycles. The van der Waals surface area contributed by atoms with E-state index in [0.717, 1.165) is 0 Å². The van der Waals surface area contributed by atoms with E-state index in [9.17, 15) is 9.90 Å². The molecule has 1 unspecified atom stereocenters. The molecule has 1 aromatic rings. The molecule has 6 nitrogen and oxygen atoms in total. The minimum Gasteiger partial charge on any atom is -0.463 e. The molecule has 1 atom stereocenters. The molecule has 6 heteroatoms. The summed E-state index contributed by atoms with van der Waals surface area (Å²) >= 11 is 0. The van der Waals surface area contributed by atoms with Gasteiger partial charge in [-0.2, -0.15) is 0 Å². The predicted molar refractivity (Wildman–Crippen MR) is 76.7 cm³/mol. The number of ether oxygens (including phenoxy) is 1. The number of hydrogen-bond donors (Lipinski definition) is 2. The second kappa shape index (κ2) is 6.65. The van der Waals surface area contributed by atoms with Gasteiger partial charge >= 0.3 is 5.97 Å². The maximum Gasteiger partial charge on any atom is 0.376 e. The Morgan fingerprint density at radius 1 is 1.45 bits per heavy atom. The lowest BCUT2D eigenvalue weighted by atomic mass is 9.89. The third-order valence-electron chi connectivity index (χ3n) is 2.59. The number of carbonyl (C=O) groups excluding carboxylic acids is 1. The summed E-state index contributed by atoms with van der Waals surface area (Å²) in [6.07, 6.45) is 0.195. The van der Waals surface area contributed by atoms with Crippen molar-refractivity contribution in [2.24, 2.45) is 5.41 Å². The zero-order valence-electron chi connectivity index (χ0n) is 12.7. The highest BCUT2D eigenvalue weighted by atomic mass is 16.5. The molecule has 1 heterocycles. The van der Waals surface area contributed by atoms with E-state index in [1.165, 1.54) is 7.11 Å². The van der Waals surface area contributed by atoms with Gasteiger partial charge in [0.1, 0.15) is 5.82 Å². The molecule has 0 aliphatic carbocycles. The smallest absolute Gasteiger partial charge is 0.376 e. The van der Waals surface area contributed by atoms with E-state index in [1.807, 2.05) is 0 Å². The number of nitrogens with zero attached hydrogens (tertiary/aromatic N) is 2. The Morgan fingerprint density at radius 2 is 2.10 bits per heavy atom. The first-order valence-corrected chi connectivity index (χ1v) is 6.57. The summed E-state index contributed by atoms with van der Waals surface area (Å²) in [7, 11) is 1.29. The Labute approximate surface area is 119 Å². The van der Waals surface area contributed by atoms with E-state index in [2.05, 4.69) is 40.8 Å². The summed E-state index contributed by atoms with van der Waals surface area (Å²) < 4.78 is 4.60. The van der Waals surface area contributed by atoms with Crippen LogP contribution >= 0.6 is 0 Å². The number of carbonyl (C=O) groups is 1. The van der Waals surface area contributed by atoms with E-state index in [-0.39, 0.29) is 11.2 Å². The minimum atomic E-state index is -0.577. The number of anilines is 1. The van der Waals surface area contributed by atoms with Crippen LogP contribution in [0.15, 0.2) is 6.07 Å². The van der Waals surface area contributed by atoms with E-state index >= 15 is 0 Å². The van der Waals surface area contributed by atoms with Gasteiger partial charge in [0.2, 0.25) is 5.82 Å². The molecular weight excluding hydrogens is 258 g/mol. The zero-order chi connectivity index (χ0) is 15.3. The summed E-state index contributed by atoms with van der Waals surface area (Å²) in [6, 6.07) is 1.72. The van der Waals surface area contributed by atoms with Crippen LogP contribution in [0.4, 0.5) is 5.82 Å². The topological polar surface area (TPSA) is 84.3 Å². The molecule has 0 radical (unpaired) electrons.